The fourth-order valence-corrected chi connectivity index (χ4v) is 4.63. The van der Waals surface area contributed by atoms with E-state index in [-0.39, 0.29) is 22.8 Å². The molecule has 0 aliphatic heterocycles. The second-order valence-electron chi connectivity index (χ2n) is 6.87. The topological polar surface area (TPSA) is 121 Å². The second kappa shape index (κ2) is 8.58. The van der Waals surface area contributed by atoms with E-state index in [0.717, 1.165) is 10.4 Å². The van der Waals surface area contributed by atoms with E-state index in [0.29, 0.717) is 22.1 Å². The van der Waals surface area contributed by atoms with Crippen LogP contribution in [-0.4, -0.2) is 49.7 Å². The molecule has 9 nitrogen and oxygen atoms in total. The summed E-state index contributed by atoms with van der Waals surface area (Å²) in [6.07, 6.45) is 5.90. The van der Waals surface area contributed by atoms with Crippen LogP contribution in [0, 0.1) is 0 Å². The predicted octanol–water partition coefficient (Wildman–Crippen LogP) is 3.21. The van der Waals surface area contributed by atoms with Gasteiger partial charge in [0.1, 0.15) is 16.4 Å². The summed E-state index contributed by atoms with van der Waals surface area (Å²) < 4.78 is 28.9. The summed E-state index contributed by atoms with van der Waals surface area (Å²) >= 11 is 6.29. The molecule has 0 saturated carbocycles. The zero-order valence-corrected chi connectivity index (χ0v) is 18.4. The molecule has 0 unspecified atom stereocenters. The highest BCUT2D eigenvalue weighted by Crippen LogP contribution is 2.39. The molecule has 2 aromatic carbocycles. The van der Waals surface area contributed by atoms with Crippen LogP contribution in [-0.2, 0) is 16.6 Å². The molecule has 0 saturated heterocycles. The average molecular weight is 472 g/mol. The lowest BCUT2D eigenvalue weighted by atomic mass is 10.1. The van der Waals surface area contributed by atoms with Gasteiger partial charge in [0.15, 0.2) is 0 Å². The number of phenols is 2. The van der Waals surface area contributed by atoms with Crippen molar-refractivity contribution >= 4 is 21.6 Å². The maximum Gasteiger partial charge on any atom is 0.246 e. The van der Waals surface area contributed by atoms with Crippen molar-refractivity contribution in [1.82, 2.24) is 24.1 Å². The van der Waals surface area contributed by atoms with E-state index < -0.39 is 15.8 Å². The Morgan fingerprint density at radius 2 is 1.84 bits per heavy atom. The number of sulfonamides is 1. The maximum absolute atomic E-state index is 13.2. The lowest BCUT2D eigenvalue weighted by Crippen LogP contribution is -2.27. The third-order valence-corrected chi connectivity index (χ3v) is 6.92. The van der Waals surface area contributed by atoms with Crippen molar-refractivity contribution in [3.63, 3.8) is 0 Å². The Bertz CT molecular complexity index is 1380. The van der Waals surface area contributed by atoms with Gasteiger partial charge < -0.3 is 10.2 Å². The van der Waals surface area contributed by atoms with Gasteiger partial charge in [-0.2, -0.15) is 9.40 Å². The van der Waals surface area contributed by atoms with Crippen LogP contribution >= 0.6 is 11.6 Å². The van der Waals surface area contributed by atoms with Crippen LogP contribution in [0.1, 0.15) is 5.69 Å². The molecule has 2 heterocycles. The predicted molar refractivity (Wildman–Crippen MR) is 118 cm³/mol. The SMILES string of the molecule is CN(Cc1cnccn1)S(=O)(=O)c1cc(-c2ccnn2-c2ccccc2Cl)c(O)cc1O. The Labute approximate surface area is 189 Å². The third kappa shape index (κ3) is 4.03. The first-order valence-electron chi connectivity index (χ1n) is 9.35. The molecule has 0 radical (unpaired) electrons. The summed E-state index contributed by atoms with van der Waals surface area (Å²) in [5.41, 5.74) is 1.54. The molecule has 0 atom stereocenters. The molecule has 4 aromatic rings. The molecule has 0 fully saturated rings. The number of hydrogen-bond donors (Lipinski definition) is 2. The van der Waals surface area contributed by atoms with E-state index in [1.807, 2.05) is 0 Å². The number of rotatable bonds is 6. The minimum Gasteiger partial charge on any atom is -0.507 e. The standard InChI is InChI=1S/C21H18ClN5O4S/c1-26(13-14-12-23-8-9-24-14)32(30,31)21-10-15(19(28)11-20(21)29)17-6-7-25-27(17)18-5-3-2-4-16(18)22/h2-12,28-29H,13H2,1H3. The molecule has 0 spiro atoms. The molecule has 32 heavy (non-hydrogen) atoms. The number of halogens is 1. The number of nitrogens with zero attached hydrogens (tertiary/aromatic N) is 5. The monoisotopic (exact) mass is 471 g/mol. The van der Waals surface area contributed by atoms with E-state index in [2.05, 4.69) is 15.1 Å². The van der Waals surface area contributed by atoms with Crippen LogP contribution < -0.4 is 0 Å². The molecule has 0 amide bonds. The Balaban J connectivity index is 1.79. The Kier molecular flexibility index (Phi) is 5.83. The van der Waals surface area contributed by atoms with E-state index in [1.165, 1.54) is 42.6 Å². The third-order valence-electron chi connectivity index (χ3n) is 4.77. The Morgan fingerprint density at radius 1 is 1.06 bits per heavy atom. The molecule has 2 aromatic heterocycles. The van der Waals surface area contributed by atoms with E-state index in [1.54, 1.807) is 30.3 Å². The Hall–Kier alpha value is -3.47. The molecular formula is C21H18ClN5O4S. The molecule has 0 aliphatic carbocycles. The van der Waals surface area contributed by atoms with Crippen LogP contribution in [0.15, 0.2) is 72.1 Å². The van der Waals surface area contributed by atoms with Crippen molar-refractivity contribution in [2.75, 3.05) is 7.05 Å². The van der Waals surface area contributed by atoms with Crippen molar-refractivity contribution in [3.05, 3.63) is 78.0 Å². The molecule has 4 rings (SSSR count). The van der Waals surface area contributed by atoms with Crippen molar-refractivity contribution in [2.24, 2.45) is 0 Å². The quantitative estimate of drug-likeness (QED) is 0.442. The first kappa shape index (κ1) is 21.8. The lowest BCUT2D eigenvalue weighted by molar-refractivity contribution is 0.428. The number of phenolic OH excluding ortho intramolecular Hbond substituents is 2. The number of hydrogen-bond acceptors (Lipinski definition) is 7. The fourth-order valence-electron chi connectivity index (χ4n) is 3.18. The zero-order valence-electron chi connectivity index (χ0n) is 16.8. The van der Waals surface area contributed by atoms with Crippen LogP contribution in [0.5, 0.6) is 11.5 Å². The fraction of sp³-hybridized carbons (Fsp3) is 0.0952. The van der Waals surface area contributed by atoms with Gasteiger partial charge in [-0.15, -0.1) is 0 Å². The highest BCUT2D eigenvalue weighted by atomic mass is 35.5. The van der Waals surface area contributed by atoms with Crippen molar-refractivity contribution in [1.29, 1.82) is 0 Å². The van der Waals surface area contributed by atoms with Gasteiger partial charge in [-0.3, -0.25) is 9.97 Å². The summed E-state index contributed by atoms with van der Waals surface area (Å²) in [4.78, 5) is 7.64. The summed E-state index contributed by atoms with van der Waals surface area (Å²) in [6, 6.07) is 10.8. The van der Waals surface area contributed by atoms with E-state index in [9.17, 15) is 18.6 Å². The number of aromatic nitrogens is 4. The molecule has 164 valence electrons. The van der Waals surface area contributed by atoms with Gasteiger partial charge in [-0.25, -0.2) is 13.1 Å². The van der Waals surface area contributed by atoms with Gasteiger partial charge >= 0.3 is 0 Å². The van der Waals surface area contributed by atoms with E-state index >= 15 is 0 Å². The molecular weight excluding hydrogens is 454 g/mol. The van der Waals surface area contributed by atoms with Crippen LogP contribution in [0.25, 0.3) is 16.9 Å². The van der Waals surface area contributed by atoms with Gasteiger partial charge in [-0.1, -0.05) is 23.7 Å². The van der Waals surface area contributed by atoms with Gasteiger partial charge in [0, 0.05) is 37.3 Å². The minimum atomic E-state index is -4.14. The van der Waals surface area contributed by atoms with Crippen molar-refractivity contribution in [3.8, 4) is 28.4 Å². The second-order valence-corrected chi connectivity index (χ2v) is 9.30. The number of para-hydroxylation sites is 1. The normalized spacial score (nSPS) is 11.7. The zero-order chi connectivity index (χ0) is 22.9. The van der Waals surface area contributed by atoms with Crippen molar-refractivity contribution in [2.45, 2.75) is 11.4 Å². The summed E-state index contributed by atoms with van der Waals surface area (Å²) in [7, 11) is -2.77. The van der Waals surface area contributed by atoms with Crippen LogP contribution in [0.4, 0.5) is 0 Å². The first-order valence-corrected chi connectivity index (χ1v) is 11.2. The lowest BCUT2D eigenvalue weighted by Gasteiger charge is -2.19. The average Bonchev–Trinajstić information content (AvgIpc) is 3.24. The maximum atomic E-state index is 13.2. The van der Waals surface area contributed by atoms with Crippen molar-refractivity contribution < 1.29 is 18.6 Å². The van der Waals surface area contributed by atoms with Gasteiger partial charge in [0.25, 0.3) is 0 Å². The largest absolute Gasteiger partial charge is 0.507 e. The summed E-state index contributed by atoms with van der Waals surface area (Å²) in [6.45, 7) is -0.0522. The van der Waals surface area contributed by atoms with Gasteiger partial charge in [0.2, 0.25) is 10.0 Å². The molecule has 11 heteroatoms. The number of aromatic hydroxyl groups is 2. The van der Waals surface area contributed by atoms with Crippen LogP contribution in [0.3, 0.4) is 0 Å². The summed E-state index contributed by atoms with van der Waals surface area (Å²) in [5, 5.41) is 25.5. The number of benzene rings is 2. The van der Waals surface area contributed by atoms with E-state index in [4.69, 9.17) is 11.6 Å². The van der Waals surface area contributed by atoms with Gasteiger partial charge in [-0.05, 0) is 24.3 Å². The Morgan fingerprint density at radius 3 is 2.56 bits per heavy atom. The minimum absolute atomic E-state index is 0.0522. The smallest absolute Gasteiger partial charge is 0.246 e. The molecule has 2 N–H and O–H groups in total. The highest BCUT2D eigenvalue weighted by molar-refractivity contribution is 7.89. The molecule has 0 bridgehead atoms. The molecule has 0 aliphatic rings. The van der Waals surface area contributed by atoms with Crippen LogP contribution in [0.2, 0.25) is 5.02 Å². The summed E-state index contributed by atoms with van der Waals surface area (Å²) in [5.74, 6) is -0.895. The first-order chi connectivity index (χ1) is 15.3. The van der Waals surface area contributed by atoms with Gasteiger partial charge in [0.05, 0.1) is 34.8 Å². The highest BCUT2D eigenvalue weighted by Gasteiger charge is 2.27.